The molecule has 21 heteroatoms. The van der Waals surface area contributed by atoms with Gasteiger partial charge in [-0.05, 0) is 25.1 Å². The van der Waals surface area contributed by atoms with Crippen LogP contribution in [-0.2, 0) is 32.6 Å². The molecule has 0 spiro atoms. The molecule has 1 aromatic carbocycles. The molecule has 10 nitrogen and oxygen atoms in total. The van der Waals surface area contributed by atoms with Crippen molar-refractivity contribution in [3.63, 3.8) is 0 Å². The first-order chi connectivity index (χ1) is 18.1. The molecule has 1 amide bonds. The van der Waals surface area contributed by atoms with Crippen molar-refractivity contribution in [2.45, 2.75) is 43.8 Å². The number of sulfonamides is 1. The highest BCUT2D eigenvalue weighted by molar-refractivity contribution is 7.94. The summed E-state index contributed by atoms with van der Waals surface area (Å²) < 4.78 is 162. The first-order valence-corrected chi connectivity index (χ1v) is 11.8. The van der Waals surface area contributed by atoms with E-state index in [1.165, 1.54) is 0 Å². The van der Waals surface area contributed by atoms with E-state index in [9.17, 15) is 57.1 Å². The third kappa shape index (κ3) is 5.63. The van der Waals surface area contributed by atoms with Gasteiger partial charge in [0.25, 0.3) is 0 Å². The maximum Gasteiger partial charge on any atom is 0.517 e. The highest BCUT2D eigenvalue weighted by Gasteiger charge is 2.75. The zero-order chi connectivity index (χ0) is 31.1. The lowest BCUT2D eigenvalue weighted by Gasteiger charge is -2.27. The Morgan fingerprint density at radius 3 is 2.10 bits per heavy atom. The number of oxime groups is 1. The van der Waals surface area contributed by atoms with E-state index < -0.39 is 79.0 Å². The van der Waals surface area contributed by atoms with Crippen LogP contribution in [0.2, 0.25) is 0 Å². The predicted octanol–water partition coefficient (Wildman–Crippen LogP) is 4.86. The molecule has 0 saturated heterocycles. The van der Waals surface area contributed by atoms with Crippen molar-refractivity contribution in [3.8, 4) is 11.8 Å². The van der Waals surface area contributed by atoms with E-state index in [-0.39, 0.29) is 10.3 Å². The molecule has 0 unspecified atom stereocenters. The van der Waals surface area contributed by atoms with Crippen molar-refractivity contribution in [1.29, 1.82) is 0 Å². The number of halogens is 10. The summed E-state index contributed by atoms with van der Waals surface area (Å²) in [6.45, 7) is 2.17. The van der Waals surface area contributed by atoms with Gasteiger partial charge in [0.05, 0.1) is 11.4 Å². The maximum absolute atomic E-state index is 14.1. The fourth-order valence-corrected chi connectivity index (χ4v) is 4.00. The van der Waals surface area contributed by atoms with Crippen molar-refractivity contribution in [2.24, 2.45) is 12.2 Å². The van der Waals surface area contributed by atoms with Gasteiger partial charge in [-0.3, -0.25) is 9.36 Å². The largest absolute Gasteiger partial charge is 0.517 e. The van der Waals surface area contributed by atoms with Crippen molar-refractivity contribution in [3.05, 3.63) is 29.6 Å². The number of carbonyl (C=O) groups is 1. The Labute approximate surface area is 218 Å². The summed E-state index contributed by atoms with van der Waals surface area (Å²) in [6.07, 6.45) is -7.39. The second kappa shape index (κ2) is 10.7. The molecule has 2 aromatic rings. The molecule has 1 aromatic heterocycles. The molecule has 40 heavy (non-hydrogen) atoms. The zero-order valence-electron chi connectivity index (χ0n) is 20.4. The number of alkyl halides is 10. The summed E-state index contributed by atoms with van der Waals surface area (Å²) in [6, 6.07) is 1.00. The molecule has 1 heterocycles. The number of anilines is 1. The highest BCUT2D eigenvalue weighted by atomic mass is 32.2. The van der Waals surface area contributed by atoms with Gasteiger partial charge in [0, 0.05) is 19.0 Å². The molecule has 0 atom stereocenters. The van der Waals surface area contributed by atoms with Gasteiger partial charge in [0.2, 0.25) is 11.7 Å². The Balaban J connectivity index is 2.68. The SMILES string of the molecule is CCC(=O)N(c1ccc(Oc2nnc(C(F)(F)C(F)(F)C(F)(F)F)n2C)cc1C(C)=NOC)S(=O)(=O)C(F)(F)F. The van der Waals surface area contributed by atoms with Gasteiger partial charge in [0.1, 0.15) is 12.9 Å². The van der Waals surface area contributed by atoms with Crippen LogP contribution in [-0.4, -0.2) is 59.5 Å². The minimum Gasteiger partial charge on any atom is -0.424 e. The molecule has 0 radical (unpaired) electrons. The fourth-order valence-electron chi connectivity index (χ4n) is 2.98. The summed E-state index contributed by atoms with van der Waals surface area (Å²) in [5.74, 6) is -16.7. The van der Waals surface area contributed by atoms with Gasteiger partial charge in [-0.15, -0.1) is 5.10 Å². The second-order valence-corrected chi connectivity index (χ2v) is 9.39. The molecular formula is C19H17F10N5O5S. The monoisotopic (exact) mass is 617 g/mol. The number of amides is 1. The van der Waals surface area contributed by atoms with E-state index in [0.29, 0.717) is 13.1 Å². The van der Waals surface area contributed by atoms with Gasteiger partial charge in [-0.2, -0.15) is 56.6 Å². The standard InChI is InChI=1S/C19H17F10N5O5S/c1-5-13(35)34(40(36,37)19(27,28)29)12-7-6-10(8-11(12)9(2)32-38-4)39-15-31-30-14(33(15)3)16(20,21)17(22,23)18(24,25)26/h6-8H,5H2,1-4H3. The Morgan fingerprint density at radius 1 is 1.05 bits per heavy atom. The van der Waals surface area contributed by atoms with E-state index in [0.717, 1.165) is 33.1 Å². The van der Waals surface area contributed by atoms with Crippen molar-refractivity contribution in [2.75, 3.05) is 11.4 Å². The van der Waals surface area contributed by atoms with Gasteiger partial charge < -0.3 is 9.57 Å². The minimum atomic E-state index is -6.68. The number of hydrogen-bond acceptors (Lipinski definition) is 8. The first-order valence-electron chi connectivity index (χ1n) is 10.3. The number of rotatable bonds is 9. The third-order valence-electron chi connectivity index (χ3n) is 4.94. The number of ether oxygens (including phenoxy) is 1. The summed E-state index contributed by atoms with van der Waals surface area (Å²) >= 11 is 0. The molecule has 0 aliphatic carbocycles. The average molecular weight is 617 g/mol. The summed E-state index contributed by atoms with van der Waals surface area (Å²) in [7, 11) is -4.76. The zero-order valence-corrected chi connectivity index (χ0v) is 21.2. The van der Waals surface area contributed by atoms with E-state index in [4.69, 9.17) is 4.74 Å². The number of carbonyl (C=O) groups excluding carboxylic acids is 1. The number of aromatic nitrogens is 3. The van der Waals surface area contributed by atoms with Gasteiger partial charge in [-0.1, -0.05) is 17.2 Å². The Kier molecular flexibility index (Phi) is 8.73. The van der Waals surface area contributed by atoms with E-state index >= 15 is 0 Å². The van der Waals surface area contributed by atoms with Gasteiger partial charge >= 0.3 is 39.6 Å². The van der Waals surface area contributed by atoms with Crippen LogP contribution in [0.3, 0.4) is 0 Å². The van der Waals surface area contributed by atoms with Crippen LogP contribution in [0.25, 0.3) is 0 Å². The van der Waals surface area contributed by atoms with Gasteiger partial charge in [-0.25, -0.2) is 0 Å². The molecule has 0 saturated carbocycles. The lowest BCUT2D eigenvalue weighted by Crippen LogP contribution is -2.51. The number of nitrogens with zero attached hydrogens (tertiary/aromatic N) is 5. The van der Waals surface area contributed by atoms with Crippen LogP contribution in [0.1, 0.15) is 31.7 Å². The Bertz CT molecular complexity index is 1400. The lowest BCUT2D eigenvalue weighted by molar-refractivity contribution is -0.361. The van der Waals surface area contributed by atoms with E-state index in [1.807, 2.05) is 0 Å². The molecule has 0 aliphatic rings. The second-order valence-electron chi connectivity index (χ2n) is 7.61. The van der Waals surface area contributed by atoms with Crippen molar-refractivity contribution >= 4 is 27.3 Å². The lowest BCUT2D eigenvalue weighted by atomic mass is 10.1. The number of hydrogen-bond donors (Lipinski definition) is 0. The quantitative estimate of drug-likeness (QED) is 0.224. The first kappa shape index (κ1) is 32.6. The summed E-state index contributed by atoms with van der Waals surface area (Å²) in [5, 5.41) is 9.09. The summed E-state index contributed by atoms with van der Waals surface area (Å²) in [5.41, 5.74) is -7.73. The molecule has 2 rings (SSSR count). The normalized spacial score (nSPS) is 13.8. The number of benzene rings is 1. The minimum absolute atomic E-state index is 0.0512. The topological polar surface area (TPSA) is 116 Å². The Hall–Kier alpha value is -3.65. The molecule has 0 N–H and O–H groups in total. The molecule has 0 bridgehead atoms. The van der Waals surface area contributed by atoms with Crippen LogP contribution in [0.15, 0.2) is 23.4 Å². The fraction of sp³-hybridized carbons (Fsp3) is 0.474. The molecule has 224 valence electrons. The average Bonchev–Trinajstić information content (AvgIpc) is 3.18. The highest BCUT2D eigenvalue weighted by Crippen LogP contribution is 2.51. The molecule has 0 fully saturated rings. The van der Waals surface area contributed by atoms with Crippen molar-refractivity contribution in [1.82, 2.24) is 14.8 Å². The molecular weight excluding hydrogens is 600 g/mol. The summed E-state index contributed by atoms with van der Waals surface area (Å²) in [4.78, 5) is 16.8. The Morgan fingerprint density at radius 2 is 1.62 bits per heavy atom. The van der Waals surface area contributed by atoms with Crippen LogP contribution < -0.4 is 9.04 Å². The van der Waals surface area contributed by atoms with Crippen LogP contribution >= 0.6 is 0 Å². The van der Waals surface area contributed by atoms with Crippen LogP contribution in [0.5, 0.6) is 11.8 Å². The van der Waals surface area contributed by atoms with Crippen LogP contribution in [0.4, 0.5) is 49.6 Å². The van der Waals surface area contributed by atoms with Gasteiger partial charge in [0.15, 0.2) is 0 Å². The predicted molar refractivity (Wildman–Crippen MR) is 114 cm³/mol. The van der Waals surface area contributed by atoms with E-state index in [1.54, 1.807) is 0 Å². The van der Waals surface area contributed by atoms with Crippen LogP contribution in [0, 0.1) is 0 Å². The van der Waals surface area contributed by atoms with Crippen molar-refractivity contribution < 1.29 is 66.7 Å². The molecule has 0 aliphatic heterocycles. The smallest absolute Gasteiger partial charge is 0.424 e. The maximum atomic E-state index is 14.1. The third-order valence-corrected chi connectivity index (χ3v) is 6.41. The van der Waals surface area contributed by atoms with E-state index in [2.05, 4.69) is 20.2 Å².